The average Bonchev–Trinajstić information content (AvgIpc) is 2.26. The molecule has 1 aliphatic heterocycles. The second kappa shape index (κ2) is 4.79. The Bertz CT molecular complexity index is 381. The Kier molecular flexibility index (Phi) is 3.19. The van der Waals surface area contributed by atoms with Crippen LogP contribution < -0.4 is 5.32 Å². The molecule has 1 saturated heterocycles. The molecule has 1 N–H and O–H groups in total. The first-order valence-corrected chi connectivity index (χ1v) is 5.25. The van der Waals surface area contributed by atoms with Crippen LogP contribution in [0.4, 0.5) is 0 Å². The van der Waals surface area contributed by atoms with Crippen molar-refractivity contribution in [2.45, 2.75) is 18.9 Å². The topological polar surface area (TPSA) is 55.4 Å². The molecule has 4 heteroatoms. The minimum Gasteiger partial charge on any atom is -0.464 e. The quantitative estimate of drug-likeness (QED) is 0.598. The molecule has 1 aromatic rings. The number of β-lactam (4-membered cyclic amide) rings is 1. The van der Waals surface area contributed by atoms with Crippen LogP contribution >= 0.6 is 0 Å². The number of carbonyl (C=O) groups excluding carboxylic acids is 2. The normalized spacial score (nSPS) is 18.5. The molecule has 16 heavy (non-hydrogen) atoms. The first kappa shape index (κ1) is 10.7. The molecule has 0 aliphatic carbocycles. The summed E-state index contributed by atoms with van der Waals surface area (Å²) < 4.78 is 5.04. The lowest BCUT2D eigenvalue weighted by Gasteiger charge is -2.24. The highest BCUT2D eigenvalue weighted by molar-refractivity contribution is 5.94. The van der Waals surface area contributed by atoms with Crippen LogP contribution in [0.15, 0.2) is 30.3 Å². The van der Waals surface area contributed by atoms with Crippen molar-refractivity contribution in [1.82, 2.24) is 5.32 Å². The van der Waals surface area contributed by atoms with Crippen molar-refractivity contribution >= 4 is 11.9 Å². The molecule has 0 bridgehead atoms. The van der Waals surface area contributed by atoms with Crippen molar-refractivity contribution in [2.75, 3.05) is 6.61 Å². The Morgan fingerprint density at radius 2 is 2.06 bits per heavy atom. The molecule has 4 nitrogen and oxygen atoms in total. The lowest BCUT2D eigenvalue weighted by atomic mass is 10.1. The Labute approximate surface area is 93.6 Å². The van der Waals surface area contributed by atoms with E-state index in [9.17, 15) is 9.59 Å². The van der Waals surface area contributed by atoms with Gasteiger partial charge in [-0.25, -0.2) is 4.79 Å². The van der Waals surface area contributed by atoms with E-state index >= 15 is 0 Å². The summed E-state index contributed by atoms with van der Waals surface area (Å²) in [5.74, 6) is -0.430. The van der Waals surface area contributed by atoms with Crippen LogP contribution in [0, 0.1) is 0 Å². The van der Waals surface area contributed by atoms with Crippen LogP contribution in [0.1, 0.15) is 12.0 Å². The predicted molar refractivity (Wildman–Crippen MR) is 57.7 cm³/mol. The molecule has 1 heterocycles. The number of hydrogen-bond acceptors (Lipinski definition) is 3. The molecule has 0 radical (unpaired) electrons. The Balaban J connectivity index is 1.68. The van der Waals surface area contributed by atoms with Crippen molar-refractivity contribution in [3.8, 4) is 0 Å². The smallest absolute Gasteiger partial charge is 0.329 e. The van der Waals surface area contributed by atoms with E-state index in [-0.39, 0.29) is 18.3 Å². The Morgan fingerprint density at radius 1 is 1.38 bits per heavy atom. The number of carbonyl (C=O) groups is 2. The first-order chi connectivity index (χ1) is 7.75. The van der Waals surface area contributed by atoms with Gasteiger partial charge in [0.05, 0.1) is 13.0 Å². The van der Waals surface area contributed by atoms with Crippen LogP contribution in [0.5, 0.6) is 0 Å². The summed E-state index contributed by atoms with van der Waals surface area (Å²) in [5.41, 5.74) is 1.13. The van der Waals surface area contributed by atoms with Gasteiger partial charge in [0.15, 0.2) is 0 Å². The highest BCUT2D eigenvalue weighted by atomic mass is 16.5. The molecule has 0 aromatic heterocycles. The fourth-order valence-electron chi connectivity index (χ4n) is 1.52. The molecule has 84 valence electrons. The van der Waals surface area contributed by atoms with Crippen LogP contribution in [0.3, 0.4) is 0 Å². The summed E-state index contributed by atoms with van der Waals surface area (Å²) in [5, 5.41) is 2.48. The van der Waals surface area contributed by atoms with E-state index in [1.165, 1.54) is 0 Å². The van der Waals surface area contributed by atoms with Gasteiger partial charge in [-0.2, -0.15) is 0 Å². The fraction of sp³-hybridized carbons (Fsp3) is 0.333. The molecule has 2 rings (SSSR count). The average molecular weight is 219 g/mol. The van der Waals surface area contributed by atoms with Gasteiger partial charge in [0, 0.05) is 6.42 Å². The summed E-state index contributed by atoms with van der Waals surface area (Å²) in [6, 6.07) is 9.38. The first-order valence-electron chi connectivity index (χ1n) is 5.25. The third-order valence-corrected chi connectivity index (χ3v) is 2.49. The van der Waals surface area contributed by atoms with Crippen LogP contribution in [-0.2, 0) is 20.7 Å². The van der Waals surface area contributed by atoms with E-state index in [1.807, 2.05) is 30.3 Å². The lowest BCUT2D eigenvalue weighted by Crippen LogP contribution is -2.53. The van der Waals surface area contributed by atoms with Gasteiger partial charge < -0.3 is 10.1 Å². The SMILES string of the molecule is O=C1C[C@@H](C(=O)OCCc2ccccc2)N1. The number of hydrogen-bond donors (Lipinski definition) is 1. The van der Waals surface area contributed by atoms with E-state index in [4.69, 9.17) is 4.74 Å². The maximum atomic E-state index is 11.3. The standard InChI is InChI=1S/C12H13NO3/c14-11-8-10(13-11)12(15)16-7-6-9-4-2-1-3-5-9/h1-5,10H,6-8H2,(H,13,14)/t10-/m0/s1. The van der Waals surface area contributed by atoms with Crippen LogP contribution in [0.2, 0.25) is 0 Å². The van der Waals surface area contributed by atoms with Gasteiger partial charge in [0.1, 0.15) is 6.04 Å². The highest BCUT2D eigenvalue weighted by Gasteiger charge is 2.32. The van der Waals surface area contributed by atoms with E-state index < -0.39 is 6.04 Å². The van der Waals surface area contributed by atoms with Crippen molar-refractivity contribution in [2.24, 2.45) is 0 Å². The molecular formula is C12H13NO3. The molecular weight excluding hydrogens is 206 g/mol. The second-order valence-corrected chi connectivity index (χ2v) is 3.73. The number of rotatable bonds is 4. The molecule has 1 fully saturated rings. The van der Waals surface area contributed by atoms with Gasteiger partial charge in [-0.05, 0) is 5.56 Å². The molecule has 0 unspecified atom stereocenters. The zero-order valence-electron chi connectivity index (χ0n) is 8.81. The zero-order valence-corrected chi connectivity index (χ0v) is 8.81. The third kappa shape index (κ3) is 2.59. The van der Waals surface area contributed by atoms with Crippen LogP contribution in [-0.4, -0.2) is 24.5 Å². The number of ether oxygens (including phenoxy) is 1. The Hall–Kier alpha value is -1.84. The van der Waals surface area contributed by atoms with Gasteiger partial charge in [-0.15, -0.1) is 0 Å². The lowest BCUT2D eigenvalue weighted by molar-refractivity contribution is -0.153. The number of esters is 1. The van der Waals surface area contributed by atoms with Gasteiger partial charge in [0.2, 0.25) is 5.91 Å². The zero-order chi connectivity index (χ0) is 11.4. The van der Waals surface area contributed by atoms with Crippen LogP contribution in [0.25, 0.3) is 0 Å². The molecule has 1 aliphatic rings. The third-order valence-electron chi connectivity index (χ3n) is 2.49. The predicted octanol–water partition coefficient (Wildman–Crippen LogP) is 0.661. The van der Waals surface area contributed by atoms with Gasteiger partial charge in [-0.3, -0.25) is 4.79 Å². The van der Waals surface area contributed by atoms with E-state index in [0.29, 0.717) is 13.0 Å². The minimum absolute atomic E-state index is 0.0926. The summed E-state index contributed by atoms with van der Waals surface area (Å²) in [7, 11) is 0. The minimum atomic E-state index is -0.428. The van der Waals surface area contributed by atoms with Gasteiger partial charge in [0.25, 0.3) is 0 Å². The van der Waals surface area contributed by atoms with Gasteiger partial charge in [-0.1, -0.05) is 30.3 Å². The number of benzene rings is 1. The second-order valence-electron chi connectivity index (χ2n) is 3.73. The summed E-state index contributed by atoms with van der Waals surface area (Å²) >= 11 is 0. The molecule has 1 aromatic carbocycles. The number of nitrogens with one attached hydrogen (secondary N) is 1. The summed E-state index contributed by atoms with van der Waals surface area (Å²) in [6.45, 7) is 0.356. The highest BCUT2D eigenvalue weighted by Crippen LogP contribution is 2.06. The van der Waals surface area contributed by atoms with E-state index in [2.05, 4.69) is 5.32 Å². The number of amides is 1. The van der Waals surface area contributed by atoms with Crippen molar-refractivity contribution in [3.63, 3.8) is 0 Å². The Morgan fingerprint density at radius 3 is 2.69 bits per heavy atom. The van der Waals surface area contributed by atoms with Crippen molar-refractivity contribution in [1.29, 1.82) is 0 Å². The van der Waals surface area contributed by atoms with E-state index in [0.717, 1.165) is 5.56 Å². The van der Waals surface area contributed by atoms with E-state index in [1.54, 1.807) is 0 Å². The largest absolute Gasteiger partial charge is 0.464 e. The molecule has 1 amide bonds. The van der Waals surface area contributed by atoms with Gasteiger partial charge >= 0.3 is 5.97 Å². The fourth-order valence-corrected chi connectivity index (χ4v) is 1.52. The van der Waals surface area contributed by atoms with Crippen molar-refractivity contribution in [3.05, 3.63) is 35.9 Å². The summed E-state index contributed by atoms with van der Waals surface area (Å²) in [6.07, 6.45) is 0.956. The summed E-state index contributed by atoms with van der Waals surface area (Å²) in [4.78, 5) is 21.9. The maximum absolute atomic E-state index is 11.3. The van der Waals surface area contributed by atoms with Crippen molar-refractivity contribution < 1.29 is 14.3 Å². The monoisotopic (exact) mass is 219 g/mol. The molecule has 0 saturated carbocycles. The molecule has 1 atom stereocenters. The molecule has 0 spiro atoms. The maximum Gasteiger partial charge on any atom is 0.329 e.